The van der Waals surface area contributed by atoms with Gasteiger partial charge in [-0.2, -0.15) is 0 Å². The maximum absolute atomic E-state index is 5.32. The topological polar surface area (TPSA) is 77.8 Å². The van der Waals surface area contributed by atoms with Gasteiger partial charge in [0.1, 0.15) is 11.0 Å². The van der Waals surface area contributed by atoms with Gasteiger partial charge in [-0.3, -0.25) is 0 Å². The van der Waals surface area contributed by atoms with E-state index in [2.05, 4.69) is 214 Å². The van der Waals surface area contributed by atoms with Crippen LogP contribution < -0.4 is 0 Å². The Kier molecular flexibility index (Phi) is 13.5. The minimum absolute atomic E-state index is 0.846. The highest BCUT2D eigenvalue weighted by molar-refractivity contribution is 7.17. The normalized spacial score (nSPS) is 11.9. The first-order valence-corrected chi connectivity index (χ1v) is 27.6. The van der Waals surface area contributed by atoms with Crippen molar-refractivity contribution in [2.24, 2.45) is 0 Å². The molecule has 12 aromatic carbocycles. The molecule has 0 bridgehead atoms. The minimum Gasteiger partial charge on any atom is -0.443 e. The summed E-state index contributed by atoms with van der Waals surface area (Å²) in [4.78, 5) is 16.9. The molecule has 16 aromatic rings. The molecule has 6 nitrogen and oxygen atoms in total. The van der Waals surface area contributed by atoms with E-state index in [1.165, 1.54) is 98.3 Å². The van der Waals surface area contributed by atoms with Crippen LogP contribution >= 0.6 is 22.7 Å². The number of thiazole rings is 2. The molecule has 0 atom stereocenters. The van der Waals surface area contributed by atoms with Gasteiger partial charge in [-0.05, 0) is 102 Å². The number of hydrogen-bond donors (Lipinski definition) is 0. The molecular weight excluding hydrogens is 993 g/mol. The molecule has 0 unspecified atom stereocenters. The highest BCUT2D eigenvalue weighted by atomic mass is 32.1. The first kappa shape index (κ1) is 48.1. The average molecular weight is 1040 g/mol. The molecule has 0 aliphatic heterocycles. The molecule has 8 heteroatoms. The van der Waals surface area contributed by atoms with Gasteiger partial charge in [-0.25, -0.2) is 19.9 Å². The molecular formula is C70H48N4O2S2. The molecule has 0 spiro atoms. The van der Waals surface area contributed by atoms with Crippen molar-refractivity contribution in [3.8, 4) is 0 Å². The summed E-state index contributed by atoms with van der Waals surface area (Å²) in [5, 5.41) is 15.3. The van der Waals surface area contributed by atoms with Crippen molar-refractivity contribution in [1.29, 1.82) is 0 Å². The highest BCUT2D eigenvalue weighted by Gasteiger charge is 2.10. The van der Waals surface area contributed by atoms with Crippen LogP contribution in [0.25, 0.3) is 119 Å². The quantitative estimate of drug-likeness (QED) is 0.151. The summed E-state index contributed by atoms with van der Waals surface area (Å²) >= 11 is 3.40. The van der Waals surface area contributed by atoms with E-state index in [1.54, 1.807) is 22.7 Å². The summed E-state index contributed by atoms with van der Waals surface area (Å²) < 4.78 is 13.1. The van der Waals surface area contributed by atoms with Gasteiger partial charge in [0.25, 0.3) is 0 Å². The second-order valence-corrected chi connectivity index (χ2v) is 20.6. The van der Waals surface area contributed by atoms with E-state index in [9.17, 15) is 0 Å². The maximum atomic E-state index is 5.32. The van der Waals surface area contributed by atoms with Crippen LogP contribution in [-0.2, 0) is 12.8 Å². The number of allylic oxidation sites excluding steroid dienone is 2. The second kappa shape index (κ2) is 21.9. The molecule has 0 radical (unpaired) electrons. The maximum Gasteiger partial charge on any atom is 0.182 e. The molecule has 0 saturated carbocycles. The summed E-state index contributed by atoms with van der Waals surface area (Å²) in [5.41, 5.74) is 15.3. The number of oxazole rings is 2. The molecule has 18 rings (SSSR count). The van der Waals surface area contributed by atoms with Crippen molar-refractivity contribution < 1.29 is 8.83 Å². The van der Waals surface area contributed by atoms with Crippen molar-refractivity contribution in [1.82, 2.24) is 19.9 Å². The van der Waals surface area contributed by atoms with Crippen LogP contribution in [0.2, 0.25) is 0 Å². The van der Waals surface area contributed by atoms with E-state index in [0.29, 0.717) is 0 Å². The van der Waals surface area contributed by atoms with Crippen LogP contribution in [0.1, 0.15) is 22.3 Å². The van der Waals surface area contributed by atoms with Crippen molar-refractivity contribution in [3.05, 3.63) is 277 Å². The molecule has 2 aliphatic carbocycles. The fourth-order valence-corrected chi connectivity index (χ4v) is 12.0. The fourth-order valence-electron chi connectivity index (χ4n) is 10.4. The lowest BCUT2D eigenvalue weighted by Gasteiger charge is -2.03. The SMILES string of the molecule is C1=Cc2c(ccc3ccccc23)C1.C1=Cc2ccc3ccccc3c2C1.c1ccc2c(c1)ccc1ncoc12.c1ccc2c(c1)ccc1ncsc12.c1ccc2c(c1)ccc1ocnc12.c1ccc2c(c1)ccc1scnc12. The van der Waals surface area contributed by atoms with Gasteiger partial charge in [-0.1, -0.05) is 218 Å². The van der Waals surface area contributed by atoms with Gasteiger partial charge in [-0.15, -0.1) is 22.7 Å². The molecule has 4 heterocycles. The number of aromatic nitrogens is 4. The molecule has 0 amide bonds. The van der Waals surface area contributed by atoms with Crippen LogP contribution in [0.15, 0.2) is 263 Å². The Morgan fingerprint density at radius 2 is 0.897 bits per heavy atom. The molecule has 0 fully saturated rings. The number of hydrogen-bond acceptors (Lipinski definition) is 8. The van der Waals surface area contributed by atoms with Crippen molar-refractivity contribution in [2.75, 3.05) is 0 Å². The van der Waals surface area contributed by atoms with E-state index in [0.717, 1.165) is 56.8 Å². The van der Waals surface area contributed by atoms with E-state index in [1.807, 2.05) is 59.6 Å². The first-order valence-electron chi connectivity index (χ1n) is 25.9. The van der Waals surface area contributed by atoms with Crippen molar-refractivity contribution >= 4 is 142 Å². The van der Waals surface area contributed by atoms with E-state index >= 15 is 0 Å². The predicted octanol–water partition coefficient (Wildman–Crippen LogP) is 19.7. The lowest BCUT2D eigenvalue weighted by Crippen LogP contribution is -1.83. The zero-order valence-electron chi connectivity index (χ0n) is 42.2. The summed E-state index contributed by atoms with van der Waals surface area (Å²) in [6.45, 7) is 0. The van der Waals surface area contributed by atoms with Gasteiger partial charge in [0.05, 0.1) is 31.5 Å². The number of benzene rings is 12. The molecule has 78 heavy (non-hydrogen) atoms. The summed E-state index contributed by atoms with van der Waals surface area (Å²) in [7, 11) is 0. The highest BCUT2D eigenvalue weighted by Crippen LogP contribution is 2.32. The van der Waals surface area contributed by atoms with E-state index < -0.39 is 0 Å². The Hall–Kier alpha value is -9.60. The molecule has 0 saturated heterocycles. The van der Waals surface area contributed by atoms with E-state index in [-0.39, 0.29) is 0 Å². The zero-order valence-corrected chi connectivity index (χ0v) is 43.9. The van der Waals surface area contributed by atoms with Crippen LogP contribution in [0, 0.1) is 0 Å². The first-order chi connectivity index (χ1) is 38.7. The lowest BCUT2D eigenvalue weighted by molar-refractivity contribution is 0.602. The molecule has 4 aromatic heterocycles. The Balaban J connectivity index is 0.0000000890. The van der Waals surface area contributed by atoms with Gasteiger partial charge in [0.2, 0.25) is 0 Å². The third kappa shape index (κ3) is 9.78. The standard InChI is InChI=1S/2C13H10.2C11H7NO.2C11H7NS/c2*1-2-6-12-10(4-1)8-9-11-5-3-7-13(11)12;1-2-4-9-8(3-1)5-6-10-11(9)12-7-13-10;1-2-4-9-8(3-1)5-6-10-11(9)13-7-12-10;1-2-4-9-8(3-1)5-6-10-11(9)12-7-13-10;1-2-4-9-8(3-1)5-6-10-11(9)13-7-12-10/h1-4,6-9H,5H2;1-6,8-9H,7H2;4*1-7H. The monoisotopic (exact) mass is 1040 g/mol. The zero-order chi connectivity index (χ0) is 52.0. The summed E-state index contributed by atoms with van der Waals surface area (Å²) in [5.74, 6) is 0. The molecule has 0 N–H and O–H groups in total. The molecule has 2 aliphatic rings. The van der Waals surface area contributed by atoms with Crippen molar-refractivity contribution in [2.45, 2.75) is 12.8 Å². The van der Waals surface area contributed by atoms with Gasteiger partial charge >= 0.3 is 0 Å². The predicted molar refractivity (Wildman–Crippen MR) is 331 cm³/mol. The molecule has 372 valence electrons. The third-order valence-electron chi connectivity index (χ3n) is 14.3. The van der Waals surface area contributed by atoms with Crippen LogP contribution in [0.4, 0.5) is 0 Å². The second-order valence-electron chi connectivity index (χ2n) is 18.9. The Bertz CT molecular complexity index is 4430. The number of rotatable bonds is 0. The van der Waals surface area contributed by atoms with Crippen molar-refractivity contribution in [3.63, 3.8) is 0 Å². The van der Waals surface area contributed by atoms with Crippen LogP contribution in [0.3, 0.4) is 0 Å². The van der Waals surface area contributed by atoms with Gasteiger partial charge in [0, 0.05) is 21.5 Å². The Morgan fingerprint density at radius 1 is 0.359 bits per heavy atom. The Morgan fingerprint density at radius 3 is 1.67 bits per heavy atom. The van der Waals surface area contributed by atoms with Gasteiger partial charge in [0.15, 0.2) is 24.0 Å². The largest absolute Gasteiger partial charge is 0.443 e. The average Bonchev–Trinajstić information content (AvgIpc) is 4.39. The smallest absolute Gasteiger partial charge is 0.182 e. The number of fused-ring (bicyclic) bond motifs is 18. The fraction of sp³-hybridized carbons (Fsp3) is 0.0286. The lowest BCUT2D eigenvalue weighted by atomic mass is 10.0. The van der Waals surface area contributed by atoms with Gasteiger partial charge < -0.3 is 8.83 Å². The summed E-state index contributed by atoms with van der Waals surface area (Å²) in [6.07, 6.45) is 14.1. The minimum atomic E-state index is 0.846. The van der Waals surface area contributed by atoms with Crippen LogP contribution in [0.5, 0.6) is 0 Å². The summed E-state index contributed by atoms with van der Waals surface area (Å²) in [6, 6.07) is 75.6. The third-order valence-corrected chi connectivity index (χ3v) is 15.9. The van der Waals surface area contributed by atoms with E-state index in [4.69, 9.17) is 8.83 Å². The number of nitrogens with zero attached hydrogens (tertiary/aromatic N) is 4. The Labute approximate surface area is 457 Å². The van der Waals surface area contributed by atoms with Crippen LogP contribution in [-0.4, -0.2) is 19.9 Å².